The first kappa shape index (κ1) is 9.78. The molecule has 15 heavy (non-hydrogen) atoms. The number of phenols is 1. The fourth-order valence-corrected chi connectivity index (χ4v) is 1.54. The highest BCUT2D eigenvalue weighted by Gasteiger charge is 1.95. The zero-order valence-corrected chi connectivity index (χ0v) is 8.48. The van der Waals surface area contributed by atoms with Gasteiger partial charge in [0.2, 0.25) is 0 Å². The first-order valence-electron chi connectivity index (χ1n) is 5.07. The largest absolute Gasteiger partial charge is 1.00 e. The number of aryl methyl sites for hydroxylation is 2. The zero-order valence-electron chi connectivity index (χ0n) is 9.48. The summed E-state index contributed by atoms with van der Waals surface area (Å²) in [7, 11) is 0. The summed E-state index contributed by atoms with van der Waals surface area (Å²) < 4.78 is 0. The summed E-state index contributed by atoms with van der Waals surface area (Å²) in [5.74, 6) is 0.327. The fraction of sp³-hybridized carbons (Fsp3) is 0.143. The molecule has 0 aromatic heterocycles. The van der Waals surface area contributed by atoms with Crippen LogP contribution in [0.25, 0.3) is 0 Å². The van der Waals surface area contributed by atoms with E-state index in [0.717, 1.165) is 12.8 Å². The van der Waals surface area contributed by atoms with Gasteiger partial charge in [0, 0.05) is 0 Å². The monoisotopic (exact) mass is 198 g/mol. The van der Waals surface area contributed by atoms with Crippen molar-refractivity contribution in [3.05, 3.63) is 65.7 Å². The third-order valence-corrected chi connectivity index (χ3v) is 2.43. The van der Waals surface area contributed by atoms with E-state index >= 15 is 0 Å². The smallest absolute Gasteiger partial charge is 0.508 e. The van der Waals surface area contributed by atoms with Crippen LogP contribution in [0.2, 0.25) is 0 Å². The molecular weight excluding hydrogens is 184 g/mol. The first-order valence-corrected chi connectivity index (χ1v) is 5.07. The highest BCUT2D eigenvalue weighted by atomic mass is 16.3. The maximum absolute atomic E-state index is 9.14. The van der Waals surface area contributed by atoms with E-state index in [1.54, 1.807) is 12.1 Å². The van der Waals surface area contributed by atoms with E-state index in [1.807, 2.05) is 24.3 Å². The molecule has 0 saturated carbocycles. The molecule has 75 valence electrons. The van der Waals surface area contributed by atoms with Crippen LogP contribution < -0.4 is 0 Å². The summed E-state index contributed by atoms with van der Waals surface area (Å²) in [6, 6.07) is 18.4. The number of rotatable bonds is 3. The maximum Gasteiger partial charge on any atom is 1.00 e. The highest BCUT2D eigenvalue weighted by Crippen LogP contribution is 2.12. The molecule has 0 unspecified atom stereocenters. The lowest BCUT2D eigenvalue weighted by atomic mass is 10.0. The molecule has 1 nitrogen and oxygen atoms in total. The van der Waals surface area contributed by atoms with E-state index in [0.29, 0.717) is 5.75 Å². The van der Waals surface area contributed by atoms with Gasteiger partial charge in [-0.15, -0.1) is 0 Å². The Kier molecular flexibility index (Phi) is 3.03. The van der Waals surface area contributed by atoms with Gasteiger partial charge in [-0.3, -0.25) is 0 Å². The average molecular weight is 198 g/mol. The quantitative estimate of drug-likeness (QED) is 0.803. The normalized spacial score (nSPS) is 10.1. The molecule has 0 heterocycles. The van der Waals surface area contributed by atoms with Crippen LogP contribution in [-0.2, 0) is 12.8 Å². The molecule has 0 saturated heterocycles. The zero-order chi connectivity index (χ0) is 10.5. The summed E-state index contributed by atoms with van der Waals surface area (Å²) in [5, 5.41) is 9.14. The van der Waals surface area contributed by atoms with E-state index in [4.69, 9.17) is 5.11 Å². The van der Waals surface area contributed by atoms with Gasteiger partial charge in [-0.25, -0.2) is 0 Å². The predicted molar refractivity (Wildman–Crippen MR) is 61.9 cm³/mol. The lowest BCUT2D eigenvalue weighted by Crippen LogP contribution is -1.90. The summed E-state index contributed by atoms with van der Waals surface area (Å²) in [6.07, 6.45) is 2.03. The Morgan fingerprint density at radius 2 is 1.40 bits per heavy atom. The SMILES string of the molecule is Oc1ccc(CCc2cc[c]cc2)cc1.[H+]. The van der Waals surface area contributed by atoms with Crippen LogP contribution in [0.3, 0.4) is 0 Å². The minimum absolute atomic E-state index is 0. The van der Waals surface area contributed by atoms with Crippen LogP contribution in [-0.4, -0.2) is 5.11 Å². The van der Waals surface area contributed by atoms with Crippen molar-refractivity contribution in [2.24, 2.45) is 0 Å². The molecule has 1 heteroatoms. The highest BCUT2D eigenvalue weighted by molar-refractivity contribution is 5.27. The Bertz CT molecular complexity index is 409. The van der Waals surface area contributed by atoms with Crippen molar-refractivity contribution in [1.82, 2.24) is 0 Å². The molecule has 0 amide bonds. The van der Waals surface area contributed by atoms with Gasteiger partial charge in [0.1, 0.15) is 5.75 Å². The summed E-state index contributed by atoms with van der Waals surface area (Å²) in [4.78, 5) is 0. The van der Waals surface area contributed by atoms with E-state index in [2.05, 4.69) is 18.2 Å². The van der Waals surface area contributed by atoms with Crippen LogP contribution in [0.1, 0.15) is 12.6 Å². The molecular formula is C14H14O+. The summed E-state index contributed by atoms with van der Waals surface area (Å²) >= 11 is 0. The second-order valence-corrected chi connectivity index (χ2v) is 3.57. The Morgan fingerprint density at radius 1 is 0.867 bits per heavy atom. The van der Waals surface area contributed by atoms with E-state index in [1.165, 1.54) is 11.1 Å². The second-order valence-electron chi connectivity index (χ2n) is 3.57. The van der Waals surface area contributed by atoms with Crippen molar-refractivity contribution in [3.63, 3.8) is 0 Å². The van der Waals surface area contributed by atoms with Gasteiger partial charge in [-0.1, -0.05) is 36.4 Å². The number of benzene rings is 2. The van der Waals surface area contributed by atoms with Gasteiger partial charge in [-0.05, 0) is 42.2 Å². The molecule has 1 N–H and O–H groups in total. The number of hydrogen-bond acceptors (Lipinski definition) is 1. The molecule has 0 bridgehead atoms. The number of aromatic hydroxyl groups is 1. The third-order valence-electron chi connectivity index (χ3n) is 2.43. The van der Waals surface area contributed by atoms with Gasteiger partial charge in [0.25, 0.3) is 0 Å². The van der Waals surface area contributed by atoms with Crippen molar-refractivity contribution >= 4 is 0 Å². The molecule has 2 aromatic rings. The van der Waals surface area contributed by atoms with E-state index in [-0.39, 0.29) is 1.43 Å². The third kappa shape index (κ3) is 2.84. The Morgan fingerprint density at radius 3 is 2.00 bits per heavy atom. The summed E-state index contributed by atoms with van der Waals surface area (Å²) in [5.41, 5.74) is 2.57. The van der Waals surface area contributed by atoms with Crippen molar-refractivity contribution in [3.8, 4) is 5.75 Å². The van der Waals surface area contributed by atoms with Gasteiger partial charge in [0.05, 0.1) is 0 Å². The van der Waals surface area contributed by atoms with Gasteiger partial charge in [-0.2, -0.15) is 0 Å². The van der Waals surface area contributed by atoms with Crippen LogP contribution in [0, 0.1) is 6.07 Å². The molecule has 2 rings (SSSR count). The molecule has 0 atom stereocenters. The summed E-state index contributed by atoms with van der Waals surface area (Å²) in [6.45, 7) is 0. The van der Waals surface area contributed by atoms with Crippen molar-refractivity contribution in [1.29, 1.82) is 0 Å². The van der Waals surface area contributed by atoms with E-state index in [9.17, 15) is 0 Å². The molecule has 2 aromatic carbocycles. The number of hydrogen-bond donors (Lipinski definition) is 1. The minimum Gasteiger partial charge on any atom is -0.508 e. The van der Waals surface area contributed by atoms with Crippen LogP contribution >= 0.6 is 0 Å². The predicted octanol–water partition coefficient (Wildman–Crippen LogP) is 3.09. The van der Waals surface area contributed by atoms with Crippen molar-refractivity contribution in [2.45, 2.75) is 12.8 Å². The second kappa shape index (κ2) is 4.65. The molecule has 1 radical (unpaired) electrons. The van der Waals surface area contributed by atoms with E-state index < -0.39 is 0 Å². The standard InChI is InChI=1S/C14H13O/c15-14-10-8-13(9-11-14)7-6-12-4-2-1-3-5-12/h2-5,8-11,15H,6-7H2/p+1. The number of phenolic OH excluding ortho intramolecular Hbond substituents is 1. The van der Waals surface area contributed by atoms with Crippen molar-refractivity contribution in [2.75, 3.05) is 0 Å². The molecule has 0 aliphatic rings. The fourth-order valence-electron chi connectivity index (χ4n) is 1.54. The van der Waals surface area contributed by atoms with Gasteiger partial charge >= 0.3 is 1.43 Å². The van der Waals surface area contributed by atoms with Gasteiger partial charge < -0.3 is 5.11 Å². The molecule has 0 aliphatic heterocycles. The Hall–Kier alpha value is -1.76. The van der Waals surface area contributed by atoms with Crippen LogP contribution in [0.5, 0.6) is 5.75 Å². The minimum atomic E-state index is 0. The lowest BCUT2D eigenvalue weighted by Gasteiger charge is -2.01. The first-order chi connectivity index (χ1) is 7.34. The van der Waals surface area contributed by atoms with Crippen molar-refractivity contribution < 1.29 is 6.53 Å². The maximum atomic E-state index is 9.14. The molecule has 0 fully saturated rings. The Balaban J connectivity index is 0.00000128. The molecule has 0 aliphatic carbocycles. The van der Waals surface area contributed by atoms with Crippen LogP contribution in [0.4, 0.5) is 0 Å². The average Bonchev–Trinajstić information content (AvgIpc) is 2.30. The molecule has 0 spiro atoms. The lowest BCUT2D eigenvalue weighted by molar-refractivity contribution is 0.475. The van der Waals surface area contributed by atoms with Crippen LogP contribution in [0.15, 0.2) is 48.5 Å². The topological polar surface area (TPSA) is 20.2 Å². The Labute approximate surface area is 91.5 Å². The van der Waals surface area contributed by atoms with Gasteiger partial charge in [0.15, 0.2) is 0 Å².